The minimum absolute atomic E-state index is 0.0194. The molecule has 3 nitrogen and oxygen atoms in total. The van der Waals surface area contributed by atoms with E-state index in [0.717, 1.165) is 31.5 Å². The predicted octanol–water partition coefficient (Wildman–Crippen LogP) is 1.96. The quantitative estimate of drug-likeness (QED) is 0.864. The fourth-order valence-electron chi connectivity index (χ4n) is 2.34. The number of benzene rings is 1. The predicted molar refractivity (Wildman–Crippen MR) is 70.3 cm³/mol. The second-order valence-electron chi connectivity index (χ2n) is 4.50. The molecule has 0 aliphatic carbocycles. The average molecular weight is 232 g/mol. The van der Waals surface area contributed by atoms with Crippen molar-refractivity contribution in [3.8, 4) is 0 Å². The van der Waals surface area contributed by atoms with Gasteiger partial charge in [-0.05, 0) is 44.0 Å². The van der Waals surface area contributed by atoms with Gasteiger partial charge >= 0.3 is 0 Å². The van der Waals surface area contributed by atoms with Crippen LogP contribution in [0.1, 0.15) is 25.3 Å². The minimum Gasteiger partial charge on any atom is -0.311 e. The van der Waals surface area contributed by atoms with Gasteiger partial charge in [0.2, 0.25) is 5.91 Å². The molecule has 1 aromatic carbocycles. The molecular weight excluding hydrogens is 212 g/mol. The van der Waals surface area contributed by atoms with Crippen LogP contribution in [0.3, 0.4) is 0 Å². The number of nitrogens with one attached hydrogen (secondary N) is 1. The standard InChI is InChI=1S/C14H20N2O/c1-3-11-6-4-7-12(10-11)16-9-5-8-13(15-2)14(16)17/h4,6-7,10,13,15H,3,5,8-9H2,1-2H3. The number of carbonyl (C=O) groups excluding carboxylic acids is 1. The highest BCUT2D eigenvalue weighted by Gasteiger charge is 2.28. The van der Waals surface area contributed by atoms with E-state index in [9.17, 15) is 4.79 Å². The van der Waals surface area contributed by atoms with Crippen molar-refractivity contribution in [2.45, 2.75) is 32.2 Å². The van der Waals surface area contributed by atoms with Crippen LogP contribution in [0.5, 0.6) is 0 Å². The van der Waals surface area contributed by atoms with Crippen molar-refractivity contribution in [1.82, 2.24) is 5.32 Å². The Balaban J connectivity index is 2.23. The van der Waals surface area contributed by atoms with Crippen LogP contribution >= 0.6 is 0 Å². The van der Waals surface area contributed by atoms with Crippen LogP contribution in [-0.2, 0) is 11.2 Å². The lowest BCUT2D eigenvalue weighted by atomic mass is 10.0. The average Bonchev–Trinajstić information content (AvgIpc) is 2.39. The van der Waals surface area contributed by atoms with Gasteiger partial charge in [0.25, 0.3) is 0 Å². The molecule has 1 N–H and O–H groups in total. The highest BCUT2D eigenvalue weighted by atomic mass is 16.2. The molecule has 1 fully saturated rings. The molecule has 1 aliphatic heterocycles. The van der Waals surface area contributed by atoms with Crippen LogP contribution in [-0.4, -0.2) is 25.5 Å². The third kappa shape index (κ3) is 2.50. The summed E-state index contributed by atoms with van der Waals surface area (Å²) < 4.78 is 0. The molecule has 0 spiro atoms. The third-order valence-electron chi connectivity index (χ3n) is 3.42. The second-order valence-corrected chi connectivity index (χ2v) is 4.50. The molecule has 0 saturated carbocycles. The Morgan fingerprint density at radius 1 is 1.47 bits per heavy atom. The summed E-state index contributed by atoms with van der Waals surface area (Å²) in [5.41, 5.74) is 2.32. The lowest BCUT2D eigenvalue weighted by molar-refractivity contribution is -0.121. The first-order chi connectivity index (χ1) is 8.26. The molecule has 1 saturated heterocycles. The van der Waals surface area contributed by atoms with Gasteiger partial charge < -0.3 is 10.2 Å². The maximum absolute atomic E-state index is 12.2. The monoisotopic (exact) mass is 232 g/mol. The number of aryl methyl sites for hydroxylation is 1. The Morgan fingerprint density at radius 2 is 2.29 bits per heavy atom. The normalized spacial score (nSPS) is 20.7. The molecule has 1 unspecified atom stereocenters. The SMILES string of the molecule is CCc1cccc(N2CCCC(NC)C2=O)c1. The summed E-state index contributed by atoms with van der Waals surface area (Å²) in [7, 11) is 1.86. The van der Waals surface area contributed by atoms with E-state index in [1.54, 1.807) is 0 Å². The largest absolute Gasteiger partial charge is 0.311 e. The molecule has 1 aliphatic rings. The van der Waals surface area contributed by atoms with Crippen molar-refractivity contribution >= 4 is 11.6 Å². The Bertz CT molecular complexity index is 403. The first kappa shape index (κ1) is 12.1. The first-order valence-corrected chi connectivity index (χ1v) is 6.34. The smallest absolute Gasteiger partial charge is 0.244 e. The van der Waals surface area contributed by atoms with Gasteiger partial charge in [-0.1, -0.05) is 19.1 Å². The molecule has 1 amide bonds. The van der Waals surface area contributed by atoms with Crippen molar-refractivity contribution in [3.63, 3.8) is 0 Å². The van der Waals surface area contributed by atoms with Gasteiger partial charge in [0.15, 0.2) is 0 Å². The van der Waals surface area contributed by atoms with Gasteiger partial charge in [0.05, 0.1) is 6.04 Å². The van der Waals surface area contributed by atoms with E-state index in [2.05, 4.69) is 24.4 Å². The third-order valence-corrected chi connectivity index (χ3v) is 3.42. The summed E-state index contributed by atoms with van der Waals surface area (Å²) in [6, 6.07) is 8.26. The lowest BCUT2D eigenvalue weighted by Crippen LogP contribution is -2.49. The first-order valence-electron chi connectivity index (χ1n) is 6.34. The second kappa shape index (κ2) is 5.32. The molecule has 1 heterocycles. The molecule has 0 aromatic heterocycles. The van der Waals surface area contributed by atoms with Crippen molar-refractivity contribution in [3.05, 3.63) is 29.8 Å². The van der Waals surface area contributed by atoms with E-state index in [1.807, 2.05) is 24.1 Å². The molecule has 3 heteroatoms. The van der Waals surface area contributed by atoms with E-state index in [-0.39, 0.29) is 11.9 Å². The van der Waals surface area contributed by atoms with Crippen LogP contribution in [0.2, 0.25) is 0 Å². The highest BCUT2D eigenvalue weighted by molar-refractivity contribution is 5.97. The molecule has 17 heavy (non-hydrogen) atoms. The van der Waals surface area contributed by atoms with E-state index in [1.165, 1.54) is 5.56 Å². The van der Waals surface area contributed by atoms with Crippen molar-refractivity contribution in [2.24, 2.45) is 0 Å². The lowest BCUT2D eigenvalue weighted by Gasteiger charge is -2.32. The van der Waals surface area contributed by atoms with Crippen molar-refractivity contribution < 1.29 is 4.79 Å². The number of hydrogen-bond acceptors (Lipinski definition) is 2. The van der Waals surface area contributed by atoms with E-state index < -0.39 is 0 Å². The van der Waals surface area contributed by atoms with Gasteiger partial charge in [-0.25, -0.2) is 0 Å². The van der Waals surface area contributed by atoms with Gasteiger partial charge in [-0.15, -0.1) is 0 Å². The Kier molecular flexibility index (Phi) is 3.79. The number of piperidine rings is 1. The number of rotatable bonds is 3. The summed E-state index contributed by atoms with van der Waals surface area (Å²) in [5, 5.41) is 3.09. The maximum atomic E-state index is 12.2. The van der Waals surface area contributed by atoms with Gasteiger partial charge in [0.1, 0.15) is 0 Å². The van der Waals surface area contributed by atoms with Gasteiger partial charge in [-0.2, -0.15) is 0 Å². The zero-order chi connectivity index (χ0) is 12.3. The Labute approximate surface area is 103 Å². The summed E-state index contributed by atoms with van der Waals surface area (Å²) in [4.78, 5) is 14.1. The number of amides is 1. The molecule has 92 valence electrons. The maximum Gasteiger partial charge on any atom is 0.244 e. The molecule has 1 atom stereocenters. The molecule has 0 bridgehead atoms. The Morgan fingerprint density at radius 3 is 3.00 bits per heavy atom. The molecule has 1 aromatic rings. The molecule has 2 rings (SSSR count). The molecular formula is C14H20N2O. The van der Waals surface area contributed by atoms with E-state index in [0.29, 0.717) is 0 Å². The zero-order valence-electron chi connectivity index (χ0n) is 10.6. The topological polar surface area (TPSA) is 32.3 Å². The zero-order valence-corrected chi connectivity index (χ0v) is 10.6. The Hall–Kier alpha value is -1.35. The van der Waals surface area contributed by atoms with Gasteiger partial charge in [0, 0.05) is 12.2 Å². The minimum atomic E-state index is -0.0194. The van der Waals surface area contributed by atoms with Crippen molar-refractivity contribution in [1.29, 1.82) is 0 Å². The summed E-state index contributed by atoms with van der Waals surface area (Å²) >= 11 is 0. The number of hydrogen-bond donors (Lipinski definition) is 1. The van der Waals surface area contributed by atoms with Crippen LogP contribution < -0.4 is 10.2 Å². The number of anilines is 1. The van der Waals surface area contributed by atoms with Crippen LogP contribution in [0.15, 0.2) is 24.3 Å². The summed E-state index contributed by atoms with van der Waals surface area (Å²) in [5.74, 6) is 0.201. The van der Waals surface area contributed by atoms with Gasteiger partial charge in [-0.3, -0.25) is 4.79 Å². The van der Waals surface area contributed by atoms with Crippen molar-refractivity contribution in [2.75, 3.05) is 18.5 Å². The number of nitrogens with zero attached hydrogens (tertiary/aromatic N) is 1. The summed E-state index contributed by atoms with van der Waals surface area (Å²) in [6.07, 6.45) is 3.01. The van der Waals surface area contributed by atoms with Crippen LogP contribution in [0.4, 0.5) is 5.69 Å². The highest BCUT2D eigenvalue weighted by Crippen LogP contribution is 2.22. The van der Waals surface area contributed by atoms with E-state index >= 15 is 0 Å². The van der Waals surface area contributed by atoms with Crippen LogP contribution in [0, 0.1) is 0 Å². The fraction of sp³-hybridized carbons (Fsp3) is 0.500. The number of likely N-dealkylation sites (N-methyl/N-ethyl adjacent to an activating group) is 1. The van der Waals surface area contributed by atoms with Crippen LogP contribution in [0.25, 0.3) is 0 Å². The van der Waals surface area contributed by atoms with E-state index in [4.69, 9.17) is 0 Å². The summed E-state index contributed by atoms with van der Waals surface area (Å²) in [6.45, 7) is 2.97. The fourth-order valence-corrected chi connectivity index (χ4v) is 2.34. The molecule has 0 radical (unpaired) electrons. The number of carbonyl (C=O) groups is 1.